The summed E-state index contributed by atoms with van der Waals surface area (Å²) in [6.07, 6.45) is -0.267. The summed E-state index contributed by atoms with van der Waals surface area (Å²) >= 11 is 0. The number of benzene rings is 1. The average molecular weight is 328 g/mol. The average Bonchev–Trinajstić information content (AvgIpc) is 2.86. The maximum atomic E-state index is 14.1. The SMILES string of the molecule is CC1(C)OC[C@@H](COc2cc(N3CCNCC3)c(F)cc2F)O1. The second kappa shape index (κ2) is 6.59. The van der Waals surface area contributed by atoms with Crippen molar-refractivity contribution >= 4 is 5.69 Å². The van der Waals surface area contributed by atoms with E-state index in [1.165, 1.54) is 6.07 Å². The summed E-state index contributed by atoms with van der Waals surface area (Å²) in [5, 5.41) is 3.20. The number of nitrogens with zero attached hydrogens (tertiary/aromatic N) is 1. The highest BCUT2D eigenvalue weighted by Gasteiger charge is 2.33. The molecule has 1 N–H and O–H groups in total. The molecule has 128 valence electrons. The molecule has 0 unspecified atom stereocenters. The standard InChI is InChI=1S/C16H22F2N2O3/c1-16(2)22-10-11(23-16)9-21-15-8-14(12(17)7-13(15)18)20-5-3-19-4-6-20/h7-8,11,19H,3-6,9-10H2,1-2H3/t11-/m1/s1. The lowest BCUT2D eigenvalue weighted by Gasteiger charge is -2.30. The van der Waals surface area contributed by atoms with Gasteiger partial charge in [0.05, 0.1) is 12.3 Å². The normalized spacial score (nSPS) is 24.0. The predicted octanol–water partition coefficient (Wildman–Crippen LogP) is 1.90. The minimum absolute atomic E-state index is 0.0354. The molecule has 1 aromatic rings. The van der Waals surface area contributed by atoms with Crippen LogP contribution in [0.1, 0.15) is 13.8 Å². The first-order chi connectivity index (χ1) is 10.9. The van der Waals surface area contributed by atoms with E-state index < -0.39 is 17.4 Å². The summed E-state index contributed by atoms with van der Waals surface area (Å²) in [6.45, 7) is 7.07. The van der Waals surface area contributed by atoms with Crippen LogP contribution in [0.4, 0.5) is 14.5 Å². The fraction of sp³-hybridized carbons (Fsp3) is 0.625. The van der Waals surface area contributed by atoms with Gasteiger partial charge in [0.2, 0.25) is 0 Å². The van der Waals surface area contributed by atoms with E-state index in [0.29, 0.717) is 25.4 Å². The lowest BCUT2D eigenvalue weighted by molar-refractivity contribution is -0.141. The molecule has 2 aliphatic rings. The van der Waals surface area contributed by atoms with Gasteiger partial charge in [-0.25, -0.2) is 8.78 Å². The number of rotatable bonds is 4. The lowest BCUT2D eigenvalue weighted by atomic mass is 10.2. The van der Waals surface area contributed by atoms with Crippen LogP contribution in [0.15, 0.2) is 12.1 Å². The van der Waals surface area contributed by atoms with Crippen molar-refractivity contribution in [2.24, 2.45) is 0 Å². The highest BCUT2D eigenvalue weighted by Crippen LogP contribution is 2.29. The smallest absolute Gasteiger partial charge is 0.168 e. The Morgan fingerprint density at radius 2 is 2.00 bits per heavy atom. The maximum absolute atomic E-state index is 14.1. The second-order valence-electron chi connectivity index (χ2n) is 6.23. The molecule has 1 aromatic carbocycles. The van der Waals surface area contributed by atoms with Crippen molar-refractivity contribution in [3.63, 3.8) is 0 Å². The molecule has 0 bridgehead atoms. The first-order valence-corrected chi connectivity index (χ1v) is 7.84. The van der Waals surface area contributed by atoms with Gasteiger partial charge in [-0.05, 0) is 13.8 Å². The molecule has 0 aromatic heterocycles. The van der Waals surface area contributed by atoms with Gasteiger partial charge in [0.1, 0.15) is 18.5 Å². The molecule has 0 spiro atoms. The molecule has 5 nitrogen and oxygen atoms in total. The Morgan fingerprint density at radius 1 is 1.26 bits per heavy atom. The molecule has 1 atom stereocenters. The van der Waals surface area contributed by atoms with Crippen molar-refractivity contribution in [2.45, 2.75) is 25.7 Å². The molecule has 2 fully saturated rings. The van der Waals surface area contributed by atoms with Gasteiger partial charge in [-0.2, -0.15) is 0 Å². The van der Waals surface area contributed by atoms with Crippen LogP contribution in [0.2, 0.25) is 0 Å². The van der Waals surface area contributed by atoms with Crippen LogP contribution < -0.4 is 15.0 Å². The Labute approximate surface area is 134 Å². The van der Waals surface area contributed by atoms with Gasteiger partial charge in [0, 0.05) is 38.3 Å². The largest absolute Gasteiger partial charge is 0.488 e. The summed E-state index contributed by atoms with van der Waals surface area (Å²) in [5.41, 5.74) is 0.367. The van der Waals surface area contributed by atoms with E-state index in [-0.39, 0.29) is 18.5 Å². The second-order valence-corrected chi connectivity index (χ2v) is 6.23. The van der Waals surface area contributed by atoms with Crippen LogP contribution >= 0.6 is 0 Å². The monoisotopic (exact) mass is 328 g/mol. The quantitative estimate of drug-likeness (QED) is 0.914. The Balaban J connectivity index is 1.69. The number of hydrogen-bond acceptors (Lipinski definition) is 5. The molecule has 0 saturated carbocycles. The van der Waals surface area contributed by atoms with Gasteiger partial charge in [0.25, 0.3) is 0 Å². The fourth-order valence-electron chi connectivity index (χ4n) is 2.80. The van der Waals surface area contributed by atoms with Crippen molar-refractivity contribution in [2.75, 3.05) is 44.3 Å². The molecular weight excluding hydrogens is 306 g/mol. The zero-order chi connectivity index (χ0) is 16.4. The molecule has 0 radical (unpaired) electrons. The Morgan fingerprint density at radius 3 is 2.65 bits per heavy atom. The number of piperazine rings is 1. The van der Waals surface area contributed by atoms with E-state index in [4.69, 9.17) is 14.2 Å². The van der Waals surface area contributed by atoms with Crippen LogP contribution in [0.5, 0.6) is 5.75 Å². The van der Waals surface area contributed by atoms with Crippen LogP contribution in [0.25, 0.3) is 0 Å². The number of halogens is 2. The third-order valence-corrected chi connectivity index (χ3v) is 3.95. The zero-order valence-corrected chi connectivity index (χ0v) is 13.4. The van der Waals surface area contributed by atoms with Gasteiger partial charge in [-0.1, -0.05) is 0 Å². The molecule has 2 heterocycles. The Bertz CT molecular complexity index is 563. The predicted molar refractivity (Wildman–Crippen MR) is 81.8 cm³/mol. The number of ether oxygens (including phenoxy) is 3. The van der Waals surface area contributed by atoms with Crippen LogP contribution in [-0.2, 0) is 9.47 Å². The fourth-order valence-corrected chi connectivity index (χ4v) is 2.80. The van der Waals surface area contributed by atoms with Gasteiger partial charge < -0.3 is 24.4 Å². The van der Waals surface area contributed by atoms with Gasteiger partial charge >= 0.3 is 0 Å². The molecule has 7 heteroatoms. The van der Waals surface area contributed by atoms with Crippen LogP contribution in [0, 0.1) is 11.6 Å². The summed E-state index contributed by atoms with van der Waals surface area (Å²) in [7, 11) is 0. The first kappa shape index (κ1) is 16.4. The molecular formula is C16H22F2N2O3. The highest BCUT2D eigenvalue weighted by molar-refractivity contribution is 5.53. The van der Waals surface area contributed by atoms with E-state index in [9.17, 15) is 8.78 Å². The highest BCUT2D eigenvalue weighted by atomic mass is 19.1. The molecule has 23 heavy (non-hydrogen) atoms. The van der Waals surface area contributed by atoms with E-state index in [1.54, 1.807) is 0 Å². The lowest BCUT2D eigenvalue weighted by Crippen LogP contribution is -2.43. The summed E-state index contributed by atoms with van der Waals surface area (Å²) in [5.74, 6) is -1.90. The van der Waals surface area contributed by atoms with Gasteiger partial charge in [0.15, 0.2) is 17.4 Å². The Hall–Kier alpha value is -1.44. The van der Waals surface area contributed by atoms with E-state index in [2.05, 4.69) is 5.32 Å². The number of anilines is 1. The third kappa shape index (κ3) is 3.91. The summed E-state index contributed by atoms with van der Waals surface area (Å²) in [6, 6.07) is 2.31. The van der Waals surface area contributed by atoms with Crippen molar-refractivity contribution in [1.29, 1.82) is 0 Å². The van der Waals surface area contributed by atoms with Crippen LogP contribution in [-0.4, -0.2) is 51.3 Å². The summed E-state index contributed by atoms with van der Waals surface area (Å²) in [4.78, 5) is 1.89. The van der Waals surface area contributed by atoms with Crippen molar-refractivity contribution in [3.05, 3.63) is 23.8 Å². The molecule has 3 rings (SSSR count). The van der Waals surface area contributed by atoms with Crippen molar-refractivity contribution in [3.8, 4) is 5.75 Å². The minimum Gasteiger partial charge on any atom is -0.488 e. The third-order valence-electron chi connectivity index (χ3n) is 3.95. The molecule has 0 aliphatic carbocycles. The van der Waals surface area contributed by atoms with Gasteiger partial charge in [-0.3, -0.25) is 0 Å². The molecule has 2 saturated heterocycles. The number of nitrogens with one attached hydrogen (secondary N) is 1. The van der Waals surface area contributed by atoms with E-state index >= 15 is 0 Å². The van der Waals surface area contributed by atoms with Gasteiger partial charge in [-0.15, -0.1) is 0 Å². The minimum atomic E-state index is -0.709. The Kier molecular flexibility index (Phi) is 4.70. The maximum Gasteiger partial charge on any atom is 0.168 e. The molecule has 2 aliphatic heterocycles. The topological polar surface area (TPSA) is 43.0 Å². The van der Waals surface area contributed by atoms with Crippen LogP contribution in [0.3, 0.4) is 0 Å². The van der Waals surface area contributed by atoms with Crippen molar-refractivity contribution < 1.29 is 23.0 Å². The van der Waals surface area contributed by atoms with Crippen molar-refractivity contribution in [1.82, 2.24) is 5.32 Å². The first-order valence-electron chi connectivity index (χ1n) is 7.84. The van der Waals surface area contributed by atoms with E-state index in [0.717, 1.165) is 19.2 Å². The summed E-state index contributed by atoms with van der Waals surface area (Å²) < 4.78 is 44.6. The van der Waals surface area contributed by atoms with E-state index in [1.807, 2.05) is 18.7 Å². The zero-order valence-electron chi connectivity index (χ0n) is 13.4. The molecule has 0 amide bonds. The number of hydrogen-bond donors (Lipinski definition) is 1.